The van der Waals surface area contributed by atoms with Gasteiger partial charge in [-0.3, -0.25) is 13.7 Å². The first-order valence-corrected chi connectivity index (χ1v) is 49.1. The molecule has 32 rings (SSSR count). The summed E-state index contributed by atoms with van der Waals surface area (Å²) in [7, 11) is 0. The minimum atomic E-state index is 0.898. The second-order valence-electron chi connectivity index (χ2n) is 35.0. The molecule has 0 N–H and O–H groups in total. The Bertz CT molecular complexity index is 10600. The number of hydrogen-bond donors (Lipinski definition) is 0. The number of benzene rings is 18. The van der Waals surface area contributed by atoms with Crippen LogP contribution >= 0.6 is 45.3 Å². The molecule has 0 aliphatic heterocycles. The van der Waals surface area contributed by atoms with Crippen LogP contribution in [-0.4, -0.2) is 61.9 Å². The van der Waals surface area contributed by atoms with E-state index in [4.69, 9.17) is 29.9 Å². The molecule has 18 aromatic carbocycles. The van der Waals surface area contributed by atoms with Crippen molar-refractivity contribution in [1.29, 1.82) is 0 Å². The van der Waals surface area contributed by atoms with E-state index in [1.807, 2.05) is 22.7 Å². The number of hydrogen-bond acceptors (Lipinski definition) is 10. The molecule has 137 heavy (non-hydrogen) atoms. The van der Waals surface area contributed by atoms with Crippen molar-refractivity contribution in [3.8, 4) is 40.2 Å². The zero-order valence-corrected chi connectivity index (χ0v) is 76.0. The van der Waals surface area contributed by atoms with E-state index in [9.17, 15) is 0 Å². The summed E-state index contributed by atoms with van der Waals surface area (Å²) >= 11 is 7.30. The molecule has 0 radical (unpaired) electrons. The van der Waals surface area contributed by atoms with Crippen LogP contribution < -0.4 is 0 Å². The van der Waals surface area contributed by atoms with Gasteiger partial charge in [-0.05, 0) is 127 Å². The summed E-state index contributed by atoms with van der Waals surface area (Å²) < 4.78 is 26.2. The molecule has 0 saturated heterocycles. The van der Waals surface area contributed by atoms with Crippen molar-refractivity contribution >= 4 is 279 Å². The van der Waals surface area contributed by atoms with Gasteiger partial charge in [-0.2, -0.15) is 0 Å². The Hall–Kier alpha value is -17.3. The smallest absolute Gasteiger partial charge is 0.159 e. The van der Waals surface area contributed by atoms with E-state index in [1.165, 1.54) is 165 Å². The van der Waals surface area contributed by atoms with Crippen LogP contribution in [0.15, 0.2) is 419 Å². The fraction of sp³-hybridized carbons (Fsp3) is 0. The van der Waals surface area contributed by atoms with Crippen LogP contribution in [0.1, 0.15) is 0 Å². The molecule has 0 aliphatic rings. The minimum absolute atomic E-state index is 0.898. The van der Waals surface area contributed by atoms with Gasteiger partial charge in [0.05, 0.1) is 117 Å². The number of aromatic nitrogens is 13. The highest BCUT2D eigenvalue weighted by Gasteiger charge is 2.33. The second-order valence-corrected chi connectivity index (χ2v) is 39.1. The summed E-state index contributed by atoms with van der Waals surface area (Å²) in [6, 6.07) is 143. The monoisotopic (exact) mass is 1820 g/mol. The van der Waals surface area contributed by atoms with Gasteiger partial charge in [0.1, 0.15) is 19.0 Å². The van der Waals surface area contributed by atoms with Gasteiger partial charge < -0.3 is 18.3 Å². The Morgan fingerprint density at radius 3 is 0.825 bits per heavy atom. The first-order valence-electron chi connectivity index (χ1n) is 45.9. The standard InChI is InChI=1S/C46H27N5S.C40H22N4S2.C34H20N4S/c1-3-15-28(16-4-1)49-36-25-13-9-21-32(36)38-39-33-22-10-14-26-37(33)50(29-17-5-2-6-18-29)43(39)44-40(42(38)49)41-45(52-44)46(48-27-47-41)51-34-23-11-7-19-30(34)31-20-8-12-24-35(31)51;1-2-12-23(13-3-1)43-30-20-10-6-16-26(30)32-33-27-17-7-11-21-31(27)45-37(33)34-35-39(46-38(34)36(32)43)40(42-22-41-35)44-28-18-8-4-14-24(28)25-15-5-9-19-29(25)44;1-2-10-21(11-3-1)37-28-17-9-6-14-24(28)30-29(37)19-18-25-31-33(39-32(25)30)34(36-20-35-31)38-26-15-7-4-12-22(26)23-13-5-8-16-27(23)38/h1-27H;1-22H;1-20H. The van der Waals surface area contributed by atoms with E-state index in [1.54, 1.807) is 41.7 Å². The van der Waals surface area contributed by atoms with Crippen molar-refractivity contribution in [2.75, 3.05) is 0 Å². The van der Waals surface area contributed by atoms with Crippen molar-refractivity contribution in [2.24, 2.45) is 0 Å². The Kier molecular flexibility index (Phi) is 16.5. The van der Waals surface area contributed by atoms with E-state index >= 15 is 0 Å². The van der Waals surface area contributed by atoms with Gasteiger partial charge in [-0.1, -0.05) is 273 Å². The van der Waals surface area contributed by atoms with E-state index in [-0.39, 0.29) is 0 Å². The highest BCUT2D eigenvalue weighted by molar-refractivity contribution is 7.31. The van der Waals surface area contributed by atoms with Gasteiger partial charge in [0.25, 0.3) is 0 Å². The first-order chi connectivity index (χ1) is 68.1. The Morgan fingerprint density at radius 1 is 0.146 bits per heavy atom. The third kappa shape index (κ3) is 10.8. The molecular weight excluding hydrogens is 1750 g/mol. The van der Waals surface area contributed by atoms with E-state index in [0.717, 1.165) is 109 Å². The van der Waals surface area contributed by atoms with Gasteiger partial charge >= 0.3 is 0 Å². The van der Waals surface area contributed by atoms with Gasteiger partial charge in [0, 0.05) is 139 Å². The summed E-state index contributed by atoms with van der Waals surface area (Å²) in [5.41, 5.74) is 24.0. The summed E-state index contributed by atoms with van der Waals surface area (Å²) in [6.45, 7) is 0. The summed E-state index contributed by atoms with van der Waals surface area (Å²) in [5.74, 6) is 2.75. The molecule has 32 aromatic rings. The van der Waals surface area contributed by atoms with Crippen molar-refractivity contribution in [1.82, 2.24) is 61.9 Å². The summed E-state index contributed by atoms with van der Waals surface area (Å²) in [5, 5.41) is 23.5. The Labute approximate surface area is 794 Å². The fourth-order valence-corrected chi connectivity index (χ4v) is 27.7. The topological polar surface area (TPSA) is 112 Å². The molecule has 17 heteroatoms. The van der Waals surface area contributed by atoms with Gasteiger partial charge in [-0.25, -0.2) is 29.9 Å². The molecule has 13 nitrogen and oxygen atoms in total. The van der Waals surface area contributed by atoms with Crippen LogP contribution in [0.25, 0.3) is 274 Å². The van der Waals surface area contributed by atoms with Crippen LogP contribution in [0, 0.1) is 0 Å². The first kappa shape index (κ1) is 76.3. The molecule has 0 bridgehead atoms. The molecule has 14 heterocycles. The second kappa shape index (κ2) is 29.6. The predicted molar refractivity (Wildman–Crippen MR) is 578 cm³/mol. The minimum Gasteiger partial charge on any atom is -0.309 e. The van der Waals surface area contributed by atoms with Crippen LogP contribution in [-0.2, 0) is 0 Å². The molecule has 0 aliphatic carbocycles. The lowest BCUT2D eigenvalue weighted by molar-refractivity contribution is 1.08. The van der Waals surface area contributed by atoms with Crippen molar-refractivity contribution in [3.05, 3.63) is 419 Å². The average molecular weight is 1820 g/mol. The summed E-state index contributed by atoms with van der Waals surface area (Å²) in [4.78, 5) is 30.1. The van der Waals surface area contributed by atoms with Crippen LogP contribution in [0.5, 0.6) is 0 Å². The van der Waals surface area contributed by atoms with Gasteiger partial charge in [-0.15, -0.1) is 45.3 Å². The van der Waals surface area contributed by atoms with Crippen molar-refractivity contribution in [3.63, 3.8) is 0 Å². The number of thiophene rings is 4. The van der Waals surface area contributed by atoms with Crippen LogP contribution in [0.3, 0.4) is 0 Å². The lowest BCUT2D eigenvalue weighted by Crippen LogP contribution is -1.98. The third-order valence-corrected chi connectivity index (χ3v) is 32.7. The summed E-state index contributed by atoms with van der Waals surface area (Å²) in [6.07, 6.45) is 5.22. The Morgan fingerprint density at radius 2 is 0.423 bits per heavy atom. The maximum Gasteiger partial charge on any atom is 0.159 e. The largest absolute Gasteiger partial charge is 0.309 e. The van der Waals surface area contributed by atoms with Crippen molar-refractivity contribution < 1.29 is 0 Å². The predicted octanol–water partition coefficient (Wildman–Crippen LogP) is 32.6. The molecule has 14 aromatic heterocycles. The quantitative estimate of drug-likeness (QED) is 0.157. The van der Waals surface area contributed by atoms with E-state index in [2.05, 4.69) is 432 Å². The molecule has 0 spiro atoms. The zero-order chi connectivity index (χ0) is 89.3. The van der Waals surface area contributed by atoms with E-state index in [0.29, 0.717) is 0 Å². The molecule has 0 saturated carbocycles. The van der Waals surface area contributed by atoms with E-state index < -0.39 is 0 Å². The molecule has 638 valence electrons. The molecule has 0 unspecified atom stereocenters. The normalized spacial score (nSPS) is 12.2. The number of fused-ring (bicyclic) bond motifs is 40. The maximum atomic E-state index is 5.18. The Balaban J connectivity index is 0.0000000983. The van der Waals surface area contributed by atoms with Crippen LogP contribution in [0.4, 0.5) is 0 Å². The SMILES string of the molecule is c1ccc(-n2c3ccccc3c3c4c5ccccc5n(-c5ccccc5)c4c4c5ncnc(-n6c7ccccc7c7ccccc76)c5sc4c32)cc1.c1ccc(-n2c3ccccc3c3c4c5ccccc5sc4c4c5ncnc(-n6c7ccccc7c7ccccc76)c5sc4c32)cc1.c1ccc(-n2c3ccccc3c3c4sc5c(-n6c7ccccc7c7ccccc76)ncnc5c4ccc32)cc1. The molecule has 0 fully saturated rings. The molecule has 0 amide bonds. The lowest BCUT2D eigenvalue weighted by atomic mass is 10.0. The van der Waals surface area contributed by atoms with Gasteiger partial charge in [0.15, 0.2) is 17.5 Å². The third-order valence-electron chi connectivity index (χ3n) is 28.0. The molecular formula is C120H69N13S4. The number of nitrogens with zero attached hydrogens (tertiary/aromatic N) is 13. The molecule has 0 atom stereocenters. The van der Waals surface area contributed by atoms with Crippen molar-refractivity contribution in [2.45, 2.75) is 0 Å². The van der Waals surface area contributed by atoms with Crippen LogP contribution in [0.2, 0.25) is 0 Å². The number of rotatable bonds is 7. The zero-order valence-electron chi connectivity index (χ0n) is 72.8. The maximum absolute atomic E-state index is 5.18. The lowest BCUT2D eigenvalue weighted by Gasteiger charge is -2.11. The highest BCUT2D eigenvalue weighted by atomic mass is 32.1. The highest BCUT2D eigenvalue weighted by Crippen LogP contribution is 2.56. The number of para-hydroxylation sites is 14. The average Bonchev–Trinajstić information content (AvgIpc) is 1.51. The fourth-order valence-electron chi connectivity index (χ4n) is 22.6. The van der Waals surface area contributed by atoms with Gasteiger partial charge in [0.2, 0.25) is 0 Å².